The molecule has 0 unspecified atom stereocenters. The quantitative estimate of drug-likeness (QED) is 0.180. The van der Waals surface area contributed by atoms with Crippen molar-refractivity contribution in [3.8, 4) is 0 Å². The van der Waals surface area contributed by atoms with Gasteiger partial charge in [-0.15, -0.1) is 33.7 Å². The molecule has 0 aliphatic heterocycles. The normalized spacial score (nSPS) is 13.1. The zero-order valence-corrected chi connectivity index (χ0v) is 33.8. The molecule has 238 valence electrons. The topological polar surface area (TPSA) is 0 Å². The first-order valence-electron chi connectivity index (χ1n) is 15.9. The van der Waals surface area contributed by atoms with Gasteiger partial charge < -0.3 is 24.8 Å². The Morgan fingerprint density at radius 1 is 0.717 bits per heavy atom. The van der Waals surface area contributed by atoms with E-state index in [1.54, 1.807) is 10.8 Å². The Hall–Kier alpha value is -2.22. The van der Waals surface area contributed by atoms with E-state index in [-0.39, 0.29) is 35.6 Å². The fourth-order valence-electron chi connectivity index (χ4n) is 6.33. The van der Waals surface area contributed by atoms with E-state index >= 15 is 0 Å². The second kappa shape index (κ2) is 14.9. The SMILES string of the molecule is CC(C)(C)c1ccc2c(c1)[cH-]c1c(C3=CC=CC3)c(C(C)(C)C)c([Si](C)(C)C)cc12.[Cl-].[Cl-].[Zr+2]=[C](c1ccccc1)c1ccccc1. The maximum atomic E-state index is 2.56. The number of hydrogen-bond donors (Lipinski definition) is 0. The van der Waals surface area contributed by atoms with E-state index < -0.39 is 8.07 Å². The minimum atomic E-state index is -1.54. The van der Waals surface area contributed by atoms with Crippen LogP contribution < -0.4 is 30.0 Å². The van der Waals surface area contributed by atoms with Gasteiger partial charge >= 0.3 is 99.2 Å². The third kappa shape index (κ3) is 8.25. The molecule has 0 fully saturated rings. The molecule has 0 heterocycles. The van der Waals surface area contributed by atoms with Gasteiger partial charge in [-0.2, -0.15) is 0 Å². The van der Waals surface area contributed by atoms with Crippen LogP contribution in [0, 0.1) is 0 Å². The molecule has 46 heavy (non-hydrogen) atoms. The van der Waals surface area contributed by atoms with E-state index in [4.69, 9.17) is 0 Å². The van der Waals surface area contributed by atoms with Gasteiger partial charge in [-0.05, 0) is 17.3 Å². The maximum absolute atomic E-state index is 2.56. The van der Waals surface area contributed by atoms with E-state index in [1.165, 1.54) is 76.8 Å². The van der Waals surface area contributed by atoms with Gasteiger partial charge in [-0.25, -0.2) is 0 Å². The van der Waals surface area contributed by atoms with Gasteiger partial charge in [0.1, 0.15) is 0 Å². The number of fused-ring (bicyclic) bond motifs is 3. The van der Waals surface area contributed by atoms with Gasteiger partial charge in [-0.3, -0.25) is 0 Å². The Kier molecular flexibility index (Phi) is 12.4. The molecule has 0 saturated heterocycles. The van der Waals surface area contributed by atoms with Crippen LogP contribution in [0.25, 0.3) is 27.1 Å². The second-order valence-electron chi connectivity index (χ2n) is 15.3. The van der Waals surface area contributed by atoms with Crippen LogP contribution in [0.1, 0.15) is 75.8 Å². The average molecular weight is 742 g/mol. The second-order valence-corrected chi connectivity index (χ2v) is 21.5. The third-order valence-electron chi connectivity index (χ3n) is 8.65. The Bertz CT molecular complexity index is 1830. The molecule has 5 aromatic carbocycles. The number of allylic oxidation sites excluding steroid dienone is 4. The van der Waals surface area contributed by atoms with E-state index in [0.29, 0.717) is 0 Å². The van der Waals surface area contributed by atoms with Gasteiger partial charge in [0.15, 0.2) is 0 Å². The Balaban J connectivity index is 0.000000304. The third-order valence-corrected chi connectivity index (χ3v) is 12.1. The summed E-state index contributed by atoms with van der Waals surface area (Å²) in [5.41, 5.74) is 8.92. The molecular weight excluding hydrogens is 695 g/mol. The van der Waals surface area contributed by atoms with Gasteiger partial charge in [0.2, 0.25) is 0 Å². The molecule has 6 rings (SSSR count). The van der Waals surface area contributed by atoms with Crippen molar-refractivity contribution >= 4 is 43.6 Å². The molecule has 0 N–H and O–H groups in total. The van der Waals surface area contributed by atoms with Crippen molar-refractivity contribution in [2.75, 3.05) is 0 Å². The first kappa shape index (κ1) is 38.2. The molecule has 1 aliphatic rings. The first-order chi connectivity index (χ1) is 20.7. The molecular formula is C42H47Cl2SiZr-. The van der Waals surface area contributed by atoms with Crippen molar-refractivity contribution in [3.63, 3.8) is 0 Å². The fraction of sp³-hybridized carbons (Fsp3) is 0.286. The van der Waals surface area contributed by atoms with Gasteiger partial charge in [0.25, 0.3) is 0 Å². The number of hydrogen-bond acceptors (Lipinski definition) is 0. The van der Waals surface area contributed by atoms with E-state index in [1.807, 2.05) is 0 Å². The van der Waals surface area contributed by atoms with Crippen molar-refractivity contribution < 1.29 is 49.0 Å². The molecule has 0 bridgehead atoms. The number of benzene rings is 4. The zero-order chi connectivity index (χ0) is 31.9. The molecule has 1 aliphatic carbocycles. The first-order valence-corrected chi connectivity index (χ1v) is 20.7. The summed E-state index contributed by atoms with van der Waals surface area (Å²) in [5, 5.41) is 7.30. The van der Waals surface area contributed by atoms with Crippen LogP contribution >= 0.6 is 0 Å². The number of halogens is 2. The van der Waals surface area contributed by atoms with Crippen molar-refractivity contribution in [1.29, 1.82) is 0 Å². The van der Waals surface area contributed by atoms with Crippen LogP contribution in [-0.2, 0) is 35.1 Å². The van der Waals surface area contributed by atoms with Crippen LogP contribution in [0.5, 0.6) is 0 Å². The van der Waals surface area contributed by atoms with Gasteiger partial charge in [0.05, 0.1) is 8.07 Å². The van der Waals surface area contributed by atoms with Crippen LogP contribution in [0.2, 0.25) is 19.6 Å². The molecule has 0 atom stereocenters. The Morgan fingerprint density at radius 2 is 1.28 bits per heavy atom. The summed E-state index contributed by atoms with van der Waals surface area (Å²) in [5.74, 6) is 0. The summed E-state index contributed by atoms with van der Waals surface area (Å²) in [6, 6.07) is 33.3. The van der Waals surface area contributed by atoms with Gasteiger partial charge in [-0.1, -0.05) is 125 Å². The van der Waals surface area contributed by atoms with Crippen molar-refractivity contribution in [2.45, 2.75) is 78.4 Å². The van der Waals surface area contributed by atoms with E-state index in [2.05, 4.69) is 170 Å². The average Bonchev–Trinajstić information content (AvgIpc) is 3.64. The van der Waals surface area contributed by atoms with E-state index in [0.717, 1.165) is 6.42 Å². The Labute approximate surface area is 305 Å². The van der Waals surface area contributed by atoms with Crippen molar-refractivity contribution in [1.82, 2.24) is 0 Å². The molecule has 0 spiro atoms. The molecule has 0 aromatic heterocycles. The molecule has 0 saturated carbocycles. The molecule has 4 heteroatoms. The molecule has 0 amide bonds. The summed E-state index contributed by atoms with van der Waals surface area (Å²) in [6.07, 6.45) is 7.92. The molecule has 0 nitrogen and oxygen atoms in total. The van der Waals surface area contributed by atoms with Crippen LogP contribution in [0.4, 0.5) is 0 Å². The summed E-state index contributed by atoms with van der Waals surface area (Å²) in [6.45, 7) is 21.6. The summed E-state index contributed by atoms with van der Waals surface area (Å²) >= 11 is 1.46. The van der Waals surface area contributed by atoms with Crippen LogP contribution in [0.15, 0.2) is 109 Å². The summed E-state index contributed by atoms with van der Waals surface area (Å²) in [4.78, 5) is 0. The summed E-state index contributed by atoms with van der Waals surface area (Å²) < 4.78 is 1.42. The summed E-state index contributed by atoms with van der Waals surface area (Å²) in [7, 11) is -1.54. The monoisotopic (exact) mass is 739 g/mol. The zero-order valence-electron chi connectivity index (χ0n) is 28.9. The van der Waals surface area contributed by atoms with Crippen LogP contribution in [0.3, 0.4) is 0 Å². The molecule has 5 aromatic rings. The predicted molar refractivity (Wildman–Crippen MR) is 195 cm³/mol. The van der Waals surface area contributed by atoms with E-state index in [9.17, 15) is 0 Å². The predicted octanol–water partition coefficient (Wildman–Crippen LogP) is 5.01. The number of rotatable bonds is 4. The molecule has 0 radical (unpaired) electrons. The van der Waals surface area contributed by atoms with Crippen molar-refractivity contribution in [2.24, 2.45) is 0 Å². The fourth-order valence-corrected chi connectivity index (χ4v) is 8.98. The Morgan fingerprint density at radius 3 is 1.74 bits per heavy atom. The van der Waals surface area contributed by atoms with Gasteiger partial charge in [0, 0.05) is 0 Å². The minimum absolute atomic E-state index is 0. The van der Waals surface area contributed by atoms with Crippen molar-refractivity contribution in [3.05, 3.63) is 137 Å². The van der Waals surface area contributed by atoms with Crippen LogP contribution in [-0.4, -0.2) is 11.3 Å². The standard InChI is InChI=1S/C29H37Si.C13H10.2ClH.Zr/c1-28(2,3)21-14-15-22-20(16-21)17-24-23(22)18-25(30(7,8)9)27(29(4,5)6)26(24)19-12-10-11-13-19;1-3-7-12(8-4-1)11-13-9-5-2-6-10-13;;;/h10-12,14-18H,13H2,1-9H3;1-10H;2*1H;/q-1;;;;+2/p-2.